The van der Waals surface area contributed by atoms with Gasteiger partial charge in [0, 0.05) is 0 Å². The molecule has 0 aliphatic heterocycles. The van der Waals surface area contributed by atoms with Crippen molar-refractivity contribution < 1.29 is 14.3 Å². The molecule has 0 aliphatic rings. The van der Waals surface area contributed by atoms with Gasteiger partial charge in [0.1, 0.15) is 0 Å². The molecule has 0 aromatic heterocycles. The summed E-state index contributed by atoms with van der Waals surface area (Å²) in [6, 6.07) is 14.4. The second kappa shape index (κ2) is 5.51. The molecule has 0 unspecified atom stereocenters. The van der Waals surface area contributed by atoms with E-state index in [1.165, 1.54) is 0 Å². The zero-order valence-corrected chi connectivity index (χ0v) is 13.8. The van der Waals surface area contributed by atoms with Crippen LogP contribution in [0.5, 0.6) is 0 Å². The van der Waals surface area contributed by atoms with Crippen molar-refractivity contribution in [2.24, 2.45) is 0 Å². The minimum atomic E-state index is -4.60. The molecule has 0 atom stereocenters. The van der Waals surface area contributed by atoms with Crippen molar-refractivity contribution in [2.45, 2.75) is 33.8 Å². The van der Waals surface area contributed by atoms with Crippen LogP contribution in [0.3, 0.4) is 0 Å². The summed E-state index contributed by atoms with van der Waals surface area (Å²) in [7, 11) is -4.60. The molecule has 0 saturated heterocycles. The van der Waals surface area contributed by atoms with Crippen molar-refractivity contribution in [1.82, 2.24) is 0 Å². The van der Waals surface area contributed by atoms with Gasteiger partial charge in [-0.05, 0) is 0 Å². The average Bonchev–Trinajstić information content (AvgIpc) is 2.38. The van der Waals surface area contributed by atoms with Gasteiger partial charge in [0.15, 0.2) is 0 Å². The zero-order valence-electron chi connectivity index (χ0n) is 12.9. The molecule has 0 fully saturated rings. The fourth-order valence-electron chi connectivity index (χ4n) is 2.30. The molecular weight excluding hydrogens is 283 g/mol. The van der Waals surface area contributed by atoms with Gasteiger partial charge in [-0.25, -0.2) is 0 Å². The molecule has 4 heteroatoms. The molecule has 21 heavy (non-hydrogen) atoms. The van der Waals surface area contributed by atoms with Crippen LogP contribution in [0, 0.1) is 13.8 Å². The third-order valence-electron chi connectivity index (χ3n) is 3.41. The first-order valence-corrected chi connectivity index (χ1v) is 9.12. The van der Waals surface area contributed by atoms with E-state index >= 15 is 0 Å². The Hall–Kier alpha value is -1.25. The topological polar surface area (TPSA) is 49.7 Å². The van der Waals surface area contributed by atoms with E-state index in [2.05, 4.69) is 0 Å². The minimum absolute atomic E-state index is 0.305. The first kappa shape index (κ1) is 16.1. The quantitative estimate of drug-likeness (QED) is 0.854. The van der Waals surface area contributed by atoms with Crippen LogP contribution in [0.4, 0.5) is 0 Å². The Kier molecular flexibility index (Phi) is 4.23. The van der Waals surface area contributed by atoms with Gasteiger partial charge in [-0.15, -0.1) is 0 Å². The normalized spacial score (nSPS) is 14.0. The van der Waals surface area contributed by atoms with E-state index in [1.807, 2.05) is 38.1 Å². The van der Waals surface area contributed by atoms with E-state index in [0.29, 0.717) is 10.6 Å². The van der Waals surface area contributed by atoms with Crippen LogP contribution in [-0.4, -0.2) is 15.9 Å². The summed E-state index contributed by atoms with van der Waals surface area (Å²) >= 11 is 0. The predicted molar refractivity (Wildman–Crippen MR) is 89.2 cm³/mol. The molecule has 0 spiro atoms. The molecule has 114 valence electrons. The summed E-state index contributed by atoms with van der Waals surface area (Å²) in [4.78, 5) is 22.5. The Morgan fingerprint density at radius 1 is 0.762 bits per heavy atom. The molecule has 2 aromatic carbocycles. The molecule has 0 bridgehead atoms. The summed E-state index contributed by atoms with van der Waals surface area (Å²) in [5.41, 5.74) is 2.12. The Morgan fingerprint density at radius 2 is 1.10 bits per heavy atom. The molecular formula is C17H23O3P. The molecule has 3 nitrogen and oxygen atoms in total. The summed E-state index contributed by atoms with van der Waals surface area (Å²) < 4.78 is 5.72. The second-order valence-corrected chi connectivity index (χ2v) is 8.91. The van der Waals surface area contributed by atoms with Crippen molar-refractivity contribution in [2.75, 3.05) is 0 Å². The first-order valence-electron chi connectivity index (χ1n) is 7.06. The fraction of sp³-hybridized carbons (Fsp3) is 0.294. The number of hydrogen-bond donors (Lipinski definition) is 2. The average molecular weight is 306 g/mol. The standard InChI is InChI=1S/C17H23O3P/c1-13(2)20-21(18,19,16-9-5-14(3)6-10-16)17-11-7-15(4)8-12-17/h5-13,18-19H,1-4H3. The Labute approximate surface area is 126 Å². The van der Waals surface area contributed by atoms with E-state index in [0.717, 1.165) is 11.1 Å². The number of benzene rings is 2. The summed E-state index contributed by atoms with van der Waals surface area (Å²) in [6.07, 6.45) is -0.305. The van der Waals surface area contributed by atoms with Crippen molar-refractivity contribution in [3.8, 4) is 0 Å². The summed E-state index contributed by atoms with van der Waals surface area (Å²) in [6.45, 7) is 7.53. The Bertz CT molecular complexity index is 566. The SMILES string of the molecule is Cc1ccc(P(O)(O)(OC(C)C)c2ccc(C)cc2)cc1. The Morgan fingerprint density at radius 3 is 1.38 bits per heavy atom. The van der Waals surface area contributed by atoms with Gasteiger partial charge in [-0.3, -0.25) is 0 Å². The molecule has 2 aromatic rings. The maximum atomic E-state index is 11.2. The van der Waals surface area contributed by atoms with Crippen LogP contribution < -0.4 is 10.6 Å². The molecule has 0 saturated carbocycles. The fourth-order valence-corrected chi connectivity index (χ4v) is 5.01. The van der Waals surface area contributed by atoms with Crippen molar-refractivity contribution >= 4 is 17.9 Å². The molecule has 2 rings (SSSR count). The van der Waals surface area contributed by atoms with Crippen molar-refractivity contribution in [3.63, 3.8) is 0 Å². The first-order chi connectivity index (χ1) is 9.71. The van der Waals surface area contributed by atoms with E-state index in [-0.39, 0.29) is 6.10 Å². The van der Waals surface area contributed by atoms with E-state index in [9.17, 15) is 9.79 Å². The Balaban J connectivity index is 2.64. The van der Waals surface area contributed by atoms with Crippen LogP contribution in [-0.2, 0) is 4.52 Å². The zero-order chi connectivity index (χ0) is 15.7. The van der Waals surface area contributed by atoms with Crippen LogP contribution in [0.15, 0.2) is 48.5 Å². The molecule has 0 heterocycles. The third-order valence-corrected chi connectivity index (χ3v) is 6.69. The van der Waals surface area contributed by atoms with E-state index in [4.69, 9.17) is 4.52 Å². The van der Waals surface area contributed by atoms with Crippen molar-refractivity contribution in [1.29, 1.82) is 0 Å². The van der Waals surface area contributed by atoms with Gasteiger partial charge in [0.25, 0.3) is 0 Å². The van der Waals surface area contributed by atoms with Crippen molar-refractivity contribution in [3.05, 3.63) is 59.7 Å². The number of rotatable bonds is 4. The second-order valence-electron chi connectivity index (χ2n) is 5.77. The van der Waals surface area contributed by atoms with Gasteiger partial charge in [-0.1, -0.05) is 0 Å². The van der Waals surface area contributed by atoms with Crippen LogP contribution in [0.25, 0.3) is 0 Å². The molecule has 0 radical (unpaired) electrons. The molecule has 0 aliphatic carbocycles. The third kappa shape index (κ3) is 3.17. The van der Waals surface area contributed by atoms with Gasteiger partial charge in [0.2, 0.25) is 0 Å². The van der Waals surface area contributed by atoms with Gasteiger partial charge >= 0.3 is 126 Å². The van der Waals surface area contributed by atoms with Gasteiger partial charge in [-0.2, -0.15) is 0 Å². The van der Waals surface area contributed by atoms with Gasteiger partial charge in [0.05, 0.1) is 0 Å². The molecule has 0 amide bonds. The number of aryl methyl sites for hydroxylation is 2. The van der Waals surface area contributed by atoms with Gasteiger partial charge < -0.3 is 0 Å². The number of hydrogen-bond acceptors (Lipinski definition) is 3. The van der Waals surface area contributed by atoms with Crippen LogP contribution in [0.1, 0.15) is 25.0 Å². The monoisotopic (exact) mass is 306 g/mol. The maximum absolute atomic E-state index is 11.2. The predicted octanol–water partition coefficient (Wildman–Crippen LogP) is 2.96. The molecule has 2 N–H and O–H groups in total. The summed E-state index contributed by atoms with van der Waals surface area (Å²) in [5, 5.41) is 0.841. The van der Waals surface area contributed by atoms with E-state index < -0.39 is 7.28 Å². The summed E-state index contributed by atoms with van der Waals surface area (Å²) in [5.74, 6) is 0. The van der Waals surface area contributed by atoms with E-state index in [1.54, 1.807) is 38.1 Å². The van der Waals surface area contributed by atoms with Crippen LogP contribution >= 0.6 is 7.28 Å². The van der Waals surface area contributed by atoms with Crippen LogP contribution in [0.2, 0.25) is 0 Å².